The lowest BCUT2D eigenvalue weighted by molar-refractivity contribution is 0.0568. The third kappa shape index (κ3) is 3.41. The normalized spacial score (nSPS) is 11.0. The standard InChI is InChI=1S/C19H11ClF2N6O/c20-16-10(9-23)2-1-3-12(16)18(29)24-11-4-5-14-13(8-11)17(26-25-14)15-6-7-28(27-15)19(21)22/h1-8,19H,(H,24,29)(H,25,26). The SMILES string of the molecule is N#Cc1cccc(C(=O)Nc2ccc3[nH]nc(-c4ccn(C(F)F)n4)c3c2)c1Cl. The molecule has 0 bridgehead atoms. The zero-order valence-electron chi connectivity index (χ0n) is 14.5. The monoisotopic (exact) mass is 412 g/mol. The van der Waals surface area contributed by atoms with Gasteiger partial charge in [0.2, 0.25) is 0 Å². The van der Waals surface area contributed by atoms with Gasteiger partial charge < -0.3 is 5.32 Å². The van der Waals surface area contributed by atoms with Crippen LogP contribution in [0.25, 0.3) is 22.3 Å². The molecule has 4 aromatic rings. The Morgan fingerprint density at radius 2 is 2.10 bits per heavy atom. The zero-order chi connectivity index (χ0) is 20.5. The van der Waals surface area contributed by atoms with Crippen molar-refractivity contribution in [3.8, 4) is 17.5 Å². The van der Waals surface area contributed by atoms with Gasteiger partial charge >= 0.3 is 6.55 Å². The van der Waals surface area contributed by atoms with Crippen LogP contribution in [0, 0.1) is 11.3 Å². The molecule has 7 nitrogen and oxygen atoms in total. The van der Waals surface area contributed by atoms with Gasteiger partial charge in [0.1, 0.15) is 17.5 Å². The second kappa shape index (κ2) is 7.33. The topological polar surface area (TPSA) is 99.4 Å². The molecule has 2 aromatic heterocycles. The van der Waals surface area contributed by atoms with Crippen molar-refractivity contribution in [2.75, 3.05) is 5.32 Å². The van der Waals surface area contributed by atoms with Gasteiger partial charge in [0.25, 0.3) is 5.91 Å². The van der Waals surface area contributed by atoms with Crippen molar-refractivity contribution in [3.63, 3.8) is 0 Å². The number of H-pyrrole nitrogens is 1. The van der Waals surface area contributed by atoms with Gasteiger partial charge in [-0.3, -0.25) is 9.89 Å². The van der Waals surface area contributed by atoms with Gasteiger partial charge in [-0.05, 0) is 36.4 Å². The molecule has 4 rings (SSSR count). The summed E-state index contributed by atoms with van der Waals surface area (Å²) in [7, 11) is 0. The summed E-state index contributed by atoms with van der Waals surface area (Å²) < 4.78 is 26.1. The number of nitrogens with one attached hydrogen (secondary N) is 2. The van der Waals surface area contributed by atoms with Gasteiger partial charge in [-0.15, -0.1) is 0 Å². The lowest BCUT2D eigenvalue weighted by Gasteiger charge is -2.08. The molecule has 0 fully saturated rings. The minimum atomic E-state index is -2.75. The molecule has 10 heteroatoms. The number of carbonyl (C=O) groups is 1. The third-order valence-corrected chi connectivity index (χ3v) is 4.64. The molecule has 0 aliphatic heterocycles. The van der Waals surface area contributed by atoms with E-state index in [-0.39, 0.29) is 21.8 Å². The molecule has 0 aliphatic rings. The van der Waals surface area contributed by atoms with Crippen LogP contribution in [-0.2, 0) is 0 Å². The Bertz CT molecular complexity index is 1270. The zero-order valence-corrected chi connectivity index (χ0v) is 15.3. The first-order chi connectivity index (χ1) is 14.0. The van der Waals surface area contributed by atoms with Crippen molar-refractivity contribution in [2.45, 2.75) is 6.55 Å². The quantitative estimate of drug-likeness (QED) is 0.511. The molecule has 29 heavy (non-hydrogen) atoms. The van der Waals surface area contributed by atoms with Gasteiger partial charge in [-0.25, -0.2) is 4.68 Å². The number of aromatic nitrogens is 4. The highest BCUT2D eigenvalue weighted by Gasteiger charge is 2.16. The number of carbonyl (C=O) groups excluding carboxylic acids is 1. The molecule has 2 heterocycles. The number of halogens is 3. The first-order valence-electron chi connectivity index (χ1n) is 8.29. The summed E-state index contributed by atoms with van der Waals surface area (Å²) in [6, 6.07) is 12.9. The fourth-order valence-electron chi connectivity index (χ4n) is 2.85. The smallest absolute Gasteiger partial charge is 0.322 e. The Kier molecular flexibility index (Phi) is 4.70. The van der Waals surface area contributed by atoms with E-state index >= 15 is 0 Å². The van der Waals surface area contributed by atoms with Crippen LogP contribution in [0.5, 0.6) is 0 Å². The summed E-state index contributed by atoms with van der Waals surface area (Å²) in [6.45, 7) is -2.75. The molecular formula is C19H11ClF2N6O. The molecule has 2 aromatic carbocycles. The lowest BCUT2D eigenvalue weighted by atomic mass is 10.1. The molecule has 0 spiro atoms. The molecule has 0 saturated carbocycles. The van der Waals surface area contributed by atoms with E-state index in [9.17, 15) is 13.6 Å². The lowest BCUT2D eigenvalue weighted by Crippen LogP contribution is -2.12. The van der Waals surface area contributed by atoms with Crippen LogP contribution >= 0.6 is 11.6 Å². The van der Waals surface area contributed by atoms with Crippen LogP contribution in [0.2, 0.25) is 5.02 Å². The first kappa shape index (κ1) is 18.6. The van der Waals surface area contributed by atoms with Crippen molar-refractivity contribution < 1.29 is 13.6 Å². The average Bonchev–Trinajstić information content (AvgIpc) is 3.34. The number of rotatable bonds is 4. The van der Waals surface area contributed by atoms with E-state index < -0.39 is 12.5 Å². The van der Waals surface area contributed by atoms with Crippen LogP contribution in [0.15, 0.2) is 48.7 Å². The van der Waals surface area contributed by atoms with Crippen LogP contribution in [-0.4, -0.2) is 25.9 Å². The fraction of sp³-hybridized carbons (Fsp3) is 0.0526. The van der Waals surface area contributed by atoms with E-state index in [2.05, 4.69) is 20.6 Å². The summed E-state index contributed by atoms with van der Waals surface area (Å²) in [5.74, 6) is -0.488. The maximum atomic E-state index is 12.8. The number of hydrogen-bond donors (Lipinski definition) is 2. The van der Waals surface area contributed by atoms with Gasteiger partial charge in [0.05, 0.1) is 21.7 Å². The highest BCUT2D eigenvalue weighted by Crippen LogP contribution is 2.29. The molecule has 0 unspecified atom stereocenters. The fourth-order valence-corrected chi connectivity index (χ4v) is 3.11. The highest BCUT2D eigenvalue weighted by atomic mass is 35.5. The second-order valence-electron chi connectivity index (χ2n) is 6.02. The summed E-state index contributed by atoms with van der Waals surface area (Å²) in [5.41, 5.74) is 2.09. The number of anilines is 1. The van der Waals surface area contributed by atoms with Crippen LogP contribution in [0.3, 0.4) is 0 Å². The maximum absolute atomic E-state index is 12.8. The minimum absolute atomic E-state index is 0.0649. The predicted molar refractivity (Wildman–Crippen MR) is 103 cm³/mol. The van der Waals surface area contributed by atoms with E-state index in [4.69, 9.17) is 16.9 Å². The Morgan fingerprint density at radius 3 is 2.83 bits per heavy atom. The molecule has 2 N–H and O–H groups in total. The number of nitrogens with zero attached hydrogens (tertiary/aromatic N) is 4. The van der Waals surface area contributed by atoms with E-state index in [0.717, 1.165) is 6.20 Å². The number of nitriles is 1. The molecule has 1 amide bonds. The van der Waals surface area contributed by atoms with E-state index in [1.54, 1.807) is 24.3 Å². The number of benzene rings is 2. The number of hydrogen-bond acceptors (Lipinski definition) is 4. The first-order valence-corrected chi connectivity index (χ1v) is 8.67. The summed E-state index contributed by atoms with van der Waals surface area (Å²) in [4.78, 5) is 12.6. The minimum Gasteiger partial charge on any atom is -0.322 e. The molecule has 0 saturated heterocycles. The van der Waals surface area contributed by atoms with Gasteiger partial charge in [-0.1, -0.05) is 17.7 Å². The number of amides is 1. The van der Waals surface area contributed by atoms with E-state index in [0.29, 0.717) is 27.0 Å². The summed E-state index contributed by atoms with van der Waals surface area (Å²) in [5, 5.41) is 23.2. The van der Waals surface area contributed by atoms with Gasteiger partial charge in [0.15, 0.2) is 0 Å². The van der Waals surface area contributed by atoms with Crippen molar-refractivity contribution in [1.29, 1.82) is 5.26 Å². The number of fused-ring (bicyclic) bond motifs is 1. The third-order valence-electron chi connectivity index (χ3n) is 4.24. The largest absolute Gasteiger partial charge is 0.333 e. The van der Waals surface area contributed by atoms with Crippen molar-refractivity contribution in [3.05, 3.63) is 64.8 Å². The van der Waals surface area contributed by atoms with Gasteiger partial charge in [-0.2, -0.15) is 24.2 Å². The number of alkyl halides is 2. The molecule has 0 radical (unpaired) electrons. The molecule has 144 valence electrons. The number of aromatic amines is 1. The van der Waals surface area contributed by atoms with Crippen LogP contribution in [0.4, 0.5) is 14.5 Å². The van der Waals surface area contributed by atoms with E-state index in [1.807, 2.05) is 6.07 Å². The summed E-state index contributed by atoms with van der Waals surface area (Å²) >= 11 is 6.11. The Balaban J connectivity index is 1.67. The van der Waals surface area contributed by atoms with Crippen molar-refractivity contribution in [2.24, 2.45) is 0 Å². The molecular weight excluding hydrogens is 402 g/mol. The van der Waals surface area contributed by atoms with Crippen LogP contribution < -0.4 is 5.32 Å². The van der Waals surface area contributed by atoms with Crippen molar-refractivity contribution in [1.82, 2.24) is 20.0 Å². The van der Waals surface area contributed by atoms with Crippen molar-refractivity contribution >= 4 is 34.1 Å². The molecule has 0 atom stereocenters. The summed E-state index contributed by atoms with van der Waals surface area (Å²) in [6.07, 6.45) is 1.16. The maximum Gasteiger partial charge on any atom is 0.333 e. The Hall–Kier alpha value is -3.77. The van der Waals surface area contributed by atoms with Gasteiger partial charge in [0, 0.05) is 17.3 Å². The second-order valence-corrected chi connectivity index (χ2v) is 6.40. The van der Waals surface area contributed by atoms with Crippen LogP contribution in [0.1, 0.15) is 22.5 Å². The van der Waals surface area contributed by atoms with E-state index in [1.165, 1.54) is 18.2 Å². The Labute approximate surface area is 167 Å². The molecule has 0 aliphatic carbocycles. The average molecular weight is 413 g/mol. The Morgan fingerprint density at radius 1 is 1.28 bits per heavy atom. The highest BCUT2D eigenvalue weighted by molar-refractivity contribution is 6.35. The predicted octanol–water partition coefficient (Wildman–Crippen LogP) is 4.60.